The lowest BCUT2D eigenvalue weighted by molar-refractivity contribution is -0.122. The Labute approximate surface area is 482 Å². The SMILES string of the molecule is Cc1ccc2nc(CN3CCN(CP(=O)(OC(C)(C)C)OC(C)(C)C)CCN(CC(=O)NCCCCCCNC(=O)c4cc5ccccc5c(-c5ccccc5Cl)n4)CCN(CP(=O)(OC(C)(C)C)OC(C)(C)C)CC3)ccc2c1. The Morgan fingerprint density at radius 2 is 1.06 bits per heavy atom. The summed E-state index contributed by atoms with van der Waals surface area (Å²) in [6.45, 7) is 30.4. The third-order valence-electron chi connectivity index (χ3n) is 12.8. The van der Waals surface area contributed by atoms with Gasteiger partial charge in [0.25, 0.3) is 5.91 Å². The summed E-state index contributed by atoms with van der Waals surface area (Å²) < 4.78 is 55.1. The number of fused-ring (bicyclic) bond motifs is 2. The van der Waals surface area contributed by atoms with Gasteiger partial charge in [0.2, 0.25) is 5.91 Å². The number of rotatable bonds is 21. The highest BCUT2D eigenvalue weighted by Gasteiger charge is 2.39. The van der Waals surface area contributed by atoms with Gasteiger partial charge < -0.3 is 28.7 Å². The van der Waals surface area contributed by atoms with E-state index in [9.17, 15) is 18.7 Å². The van der Waals surface area contributed by atoms with E-state index < -0.39 is 37.6 Å². The third kappa shape index (κ3) is 22.2. The molecule has 2 N–H and O–H groups in total. The Morgan fingerprint density at radius 1 is 0.562 bits per heavy atom. The summed E-state index contributed by atoms with van der Waals surface area (Å²) in [5, 5.41) is 9.67. The van der Waals surface area contributed by atoms with Crippen molar-refractivity contribution in [1.82, 2.24) is 40.2 Å². The predicted molar refractivity (Wildman–Crippen MR) is 326 cm³/mol. The second-order valence-electron chi connectivity index (χ2n) is 25.2. The predicted octanol–water partition coefficient (Wildman–Crippen LogP) is 12.8. The minimum Gasteiger partial charge on any atom is -0.355 e. The molecule has 1 fully saturated rings. The summed E-state index contributed by atoms with van der Waals surface area (Å²) in [7, 11) is -7.42. The molecule has 5 aromatic rings. The number of hydrogen-bond acceptors (Lipinski definition) is 14. The van der Waals surface area contributed by atoms with Gasteiger partial charge in [-0.2, -0.15) is 0 Å². The minimum absolute atomic E-state index is 0.0567. The Kier molecular flexibility index (Phi) is 23.1. The van der Waals surface area contributed by atoms with Crippen molar-refractivity contribution in [3.05, 3.63) is 107 Å². The summed E-state index contributed by atoms with van der Waals surface area (Å²) in [6.07, 6.45) is 3.38. The van der Waals surface area contributed by atoms with Crippen molar-refractivity contribution in [1.29, 1.82) is 0 Å². The van der Waals surface area contributed by atoms with Crippen LogP contribution in [0.15, 0.2) is 84.9 Å². The summed E-state index contributed by atoms with van der Waals surface area (Å²) in [4.78, 5) is 45.9. The molecule has 0 aliphatic carbocycles. The molecule has 0 radical (unpaired) electrons. The first-order valence-corrected chi connectivity index (χ1v) is 32.2. The van der Waals surface area contributed by atoms with Crippen LogP contribution in [0.1, 0.15) is 131 Å². The molecule has 440 valence electrons. The molecule has 1 saturated heterocycles. The maximum atomic E-state index is 14.9. The van der Waals surface area contributed by atoms with Gasteiger partial charge in [-0.05, 0) is 139 Å². The molecule has 0 spiro atoms. The molecule has 19 heteroatoms. The van der Waals surface area contributed by atoms with Crippen molar-refractivity contribution in [2.24, 2.45) is 0 Å². The van der Waals surface area contributed by atoms with Gasteiger partial charge in [0.05, 0.1) is 45.9 Å². The average Bonchev–Trinajstić information content (AvgIpc) is 3.32. The van der Waals surface area contributed by atoms with Gasteiger partial charge in [0, 0.05) is 93.4 Å². The van der Waals surface area contributed by atoms with Crippen molar-refractivity contribution in [3.63, 3.8) is 0 Å². The molecule has 1 aliphatic heterocycles. The van der Waals surface area contributed by atoms with Gasteiger partial charge in [-0.15, -0.1) is 0 Å². The summed E-state index contributed by atoms with van der Waals surface area (Å²) >= 11 is 6.57. The van der Waals surface area contributed by atoms with Gasteiger partial charge in [-0.3, -0.25) is 43.3 Å². The first-order valence-electron chi connectivity index (χ1n) is 28.4. The maximum Gasteiger partial charge on any atom is 0.345 e. The van der Waals surface area contributed by atoms with Crippen LogP contribution in [-0.4, -0.2) is 148 Å². The highest BCUT2D eigenvalue weighted by molar-refractivity contribution is 7.54. The van der Waals surface area contributed by atoms with Crippen LogP contribution in [-0.2, 0) is 38.6 Å². The van der Waals surface area contributed by atoms with Crippen molar-refractivity contribution in [2.45, 2.75) is 145 Å². The molecular weight excluding hydrogens is 1070 g/mol. The zero-order valence-electron chi connectivity index (χ0n) is 50.0. The van der Waals surface area contributed by atoms with Gasteiger partial charge in [0.15, 0.2) is 0 Å². The van der Waals surface area contributed by atoms with Crippen LogP contribution in [0.4, 0.5) is 0 Å². The highest BCUT2D eigenvalue weighted by atomic mass is 35.5. The molecule has 80 heavy (non-hydrogen) atoms. The van der Waals surface area contributed by atoms with Gasteiger partial charge in [0.1, 0.15) is 18.3 Å². The van der Waals surface area contributed by atoms with Crippen LogP contribution in [0.5, 0.6) is 0 Å². The second-order valence-corrected chi connectivity index (χ2v) is 29.3. The number of benzene rings is 3. The maximum absolute atomic E-state index is 14.9. The zero-order chi connectivity index (χ0) is 58.5. The number of nitrogens with zero attached hydrogens (tertiary/aromatic N) is 6. The number of carbonyl (C=O) groups is 2. The molecule has 0 bridgehead atoms. The van der Waals surface area contributed by atoms with Gasteiger partial charge >= 0.3 is 15.2 Å². The molecular formula is C61H91ClN8O8P2. The lowest BCUT2D eigenvalue weighted by atomic mass is 10.0. The van der Waals surface area contributed by atoms with Crippen LogP contribution >= 0.6 is 26.8 Å². The molecule has 3 heterocycles. The van der Waals surface area contributed by atoms with E-state index in [1.54, 1.807) is 0 Å². The van der Waals surface area contributed by atoms with E-state index in [2.05, 4.69) is 67.5 Å². The lowest BCUT2D eigenvalue weighted by Crippen LogP contribution is -2.48. The van der Waals surface area contributed by atoms with Crippen molar-refractivity contribution in [3.8, 4) is 11.3 Å². The molecule has 0 unspecified atom stereocenters. The minimum atomic E-state index is -3.71. The zero-order valence-corrected chi connectivity index (χ0v) is 52.6. The van der Waals surface area contributed by atoms with E-state index in [-0.39, 0.29) is 30.9 Å². The molecule has 0 atom stereocenters. The molecule has 0 saturated carbocycles. The first-order chi connectivity index (χ1) is 37.4. The Morgan fingerprint density at radius 3 is 1.61 bits per heavy atom. The Balaban J connectivity index is 1.13. The van der Waals surface area contributed by atoms with Crippen LogP contribution in [0.3, 0.4) is 0 Å². The second kappa shape index (κ2) is 28.4. The number of unbranched alkanes of at least 4 members (excludes halogenated alkanes) is 3. The Hall–Kier alpha value is -4.15. The normalized spacial score (nSPS) is 15.9. The van der Waals surface area contributed by atoms with E-state index >= 15 is 0 Å². The molecule has 2 amide bonds. The molecule has 16 nitrogen and oxygen atoms in total. The monoisotopic (exact) mass is 1160 g/mol. The smallest absolute Gasteiger partial charge is 0.345 e. The summed E-state index contributed by atoms with van der Waals surface area (Å²) in [6, 6.07) is 27.6. The van der Waals surface area contributed by atoms with Crippen LogP contribution in [0.2, 0.25) is 5.02 Å². The van der Waals surface area contributed by atoms with Crippen LogP contribution in [0, 0.1) is 6.92 Å². The number of hydrogen-bond donors (Lipinski definition) is 2. The van der Waals surface area contributed by atoms with Crippen LogP contribution in [0.25, 0.3) is 32.9 Å². The quantitative estimate of drug-likeness (QED) is 0.0526. The van der Waals surface area contributed by atoms with E-state index in [1.165, 1.54) is 5.56 Å². The number of halogens is 1. The highest BCUT2D eigenvalue weighted by Crippen LogP contribution is 2.56. The number of nitrogens with one attached hydrogen (secondary N) is 2. The van der Waals surface area contributed by atoms with Crippen LogP contribution < -0.4 is 10.6 Å². The van der Waals surface area contributed by atoms with E-state index in [1.807, 2.05) is 138 Å². The fourth-order valence-corrected chi connectivity index (χ4v) is 15.1. The standard InChI is InChI=1S/C61H91ClN8O8P2/c1-46-26-29-53-48(40-46)27-28-49(65-53)42-67-32-36-69(44-79(73,75-58(2,3)4)76-59(5,6)7)38-34-68(35-39-70(37-33-67)45-80(74,77-60(8,9)10)78-61(11,12)13)43-55(71)63-30-20-14-15-21-31-64-57(72)54-41-47-22-16-17-23-50(47)56(66-54)51-24-18-19-25-52(51)62/h16-19,22-29,40-41H,14-15,20-21,30-39,42-45H2,1-13H3,(H,63,71)(H,64,72). The van der Waals surface area contributed by atoms with E-state index in [0.29, 0.717) is 88.4 Å². The number of aromatic nitrogens is 2. The molecule has 3 aromatic carbocycles. The van der Waals surface area contributed by atoms with Crippen molar-refractivity contribution in [2.75, 3.05) is 84.6 Å². The lowest BCUT2D eigenvalue weighted by Gasteiger charge is -2.38. The fourth-order valence-electron chi connectivity index (χ4n) is 9.65. The van der Waals surface area contributed by atoms with Crippen molar-refractivity contribution < 1.29 is 36.8 Å². The molecule has 1 aliphatic rings. The average molecular weight is 1160 g/mol. The summed E-state index contributed by atoms with van der Waals surface area (Å²) in [5.41, 5.74) is 1.83. The first kappa shape index (κ1) is 65.0. The Bertz CT molecular complexity index is 2850. The number of pyridine rings is 2. The molecule has 2 aromatic heterocycles. The summed E-state index contributed by atoms with van der Waals surface area (Å²) in [5.74, 6) is -0.354. The van der Waals surface area contributed by atoms with Gasteiger partial charge in [-0.25, -0.2) is 4.98 Å². The third-order valence-corrected chi connectivity index (χ3v) is 17.9. The van der Waals surface area contributed by atoms with E-state index in [4.69, 9.17) is 39.7 Å². The molecule has 6 rings (SSSR count). The fraction of sp³-hybridized carbons (Fsp3) is 0.574. The van der Waals surface area contributed by atoms with E-state index in [0.717, 1.165) is 58.6 Å². The number of aryl methyl sites for hydroxylation is 1. The topological polar surface area (TPSA) is 168 Å². The largest absolute Gasteiger partial charge is 0.355 e. The van der Waals surface area contributed by atoms with Crippen molar-refractivity contribution >= 4 is 60.3 Å². The number of amides is 2. The number of carbonyl (C=O) groups excluding carboxylic acids is 2. The van der Waals surface area contributed by atoms with Gasteiger partial charge in [-0.1, -0.05) is 84.6 Å².